The first kappa shape index (κ1) is 22.8. The second-order valence-electron chi connectivity index (χ2n) is 7.33. The van der Waals surface area contributed by atoms with Crippen LogP contribution in [0.1, 0.15) is 10.4 Å². The van der Waals surface area contributed by atoms with Crippen LogP contribution in [-0.4, -0.2) is 29.3 Å². The molecule has 4 aromatic rings. The third kappa shape index (κ3) is 4.44. The molecule has 0 spiro atoms. The summed E-state index contributed by atoms with van der Waals surface area (Å²) >= 11 is 7.79. The van der Waals surface area contributed by atoms with E-state index < -0.39 is 0 Å². The Morgan fingerprint density at radius 2 is 1.52 bits per heavy atom. The van der Waals surface area contributed by atoms with Gasteiger partial charge in [0, 0.05) is 35.5 Å². The zero-order valence-electron chi connectivity index (χ0n) is 18.5. The molecule has 170 valence electrons. The van der Waals surface area contributed by atoms with Crippen LogP contribution in [0.2, 0.25) is 5.02 Å². The van der Waals surface area contributed by atoms with Gasteiger partial charge in [-0.1, -0.05) is 35.5 Å². The molecule has 0 bridgehead atoms. The molecular formula is C24H22ClN3O4S. The van der Waals surface area contributed by atoms with Gasteiger partial charge >= 0.3 is 5.69 Å². The van der Waals surface area contributed by atoms with E-state index in [1.54, 1.807) is 47.5 Å². The van der Waals surface area contributed by atoms with Gasteiger partial charge in [-0.2, -0.15) is 0 Å². The summed E-state index contributed by atoms with van der Waals surface area (Å²) in [5, 5.41) is 3.58. The zero-order chi connectivity index (χ0) is 23.7. The molecule has 0 atom stereocenters. The highest BCUT2D eigenvalue weighted by atomic mass is 35.5. The van der Waals surface area contributed by atoms with Crippen LogP contribution in [0.5, 0.6) is 11.5 Å². The highest BCUT2D eigenvalue weighted by Crippen LogP contribution is 2.39. The molecule has 1 aromatic heterocycles. The Morgan fingerprint density at radius 3 is 2.12 bits per heavy atom. The zero-order valence-corrected chi connectivity index (χ0v) is 20.1. The summed E-state index contributed by atoms with van der Waals surface area (Å²) in [6.07, 6.45) is 0. The number of fused-ring (bicyclic) bond motifs is 1. The number of halogens is 1. The van der Waals surface area contributed by atoms with Gasteiger partial charge in [-0.25, -0.2) is 4.79 Å². The highest BCUT2D eigenvalue weighted by Gasteiger charge is 2.18. The first-order chi connectivity index (χ1) is 15.8. The van der Waals surface area contributed by atoms with Gasteiger partial charge in [-0.05, 0) is 36.4 Å². The molecule has 33 heavy (non-hydrogen) atoms. The molecule has 3 aromatic carbocycles. The minimum Gasteiger partial charge on any atom is -0.497 e. The van der Waals surface area contributed by atoms with Crippen molar-refractivity contribution in [1.29, 1.82) is 0 Å². The Balaban J connectivity index is 1.81. The van der Waals surface area contributed by atoms with Gasteiger partial charge in [0.25, 0.3) is 5.91 Å². The number of imidazole rings is 1. The number of carbonyl (C=O) groups excluding carboxylic acids is 1. The molecule has 7 nitrogen and oxygen atoms in total. The number of ether oxygens (including phenoxy) is 2. The van der Waals surface area contributed by atoms with E-state index in [1.807, 2.05) is 30.3 Å². The number of amides is 1. The standard InChI is InChI=1S/C24H22ClN3O4S/c1-27-19-12-18(26-23(29)14-9-15(31-3)11-16(10-14)32-4)22(13-20(19)28(2)24(27)30)33-21-8-6-5-7-17(21)25/h5-13H,1-4H3,(H,26,29). The Kier molecular flexibility index (Phi) is 6.40. The van der Waals surface area contributed by atoms with E-state index in [-0.39, 0.29) is 11.6 Å². The normalized spacial score (nSPS) is 10.9. The maximum atomic E-state index is 13.2. The summed E-state index contributed by atoms with van der Waals surface area (Å²) in [7, 11) is 6.47. The van der Waals surface area contributed by atoms with Gasteiger partial charge in [0.05, 0.1) is 36.0 Å². The third-order valence-corrected chi connectivity index (χ3v) is 6.87. The Hall–Kier alpha value is -3.36. The number of rotatable bonds is 6. The minimum absolute atomic E-state index is 0.153. The molecule has 0 aliphatic carbocycles. The first-order valence-corrected chi connectivity index (χ1v) is 11.2. The third-order valence-electron chi connectivity index (χ3n) is 5.29. The lowest BCUT2D eigenvalue weighted by Crippen LogP contribution is -2.19. The molecule has 0 aliphatic heterocycles. The Morgan fingerprint density at radius 1 is 0.909 bits per heavy atom. The van der Waals surface area contributed by atoms with Gasteiger partial charge in [-0.3, -0.25) is 13.9 Å². The van der Waals surface area contributed by atoms with Gasteiger partial charge < -0.3 is 14.8 Å². The van der Waals surface area contributed by atoms with E-state index in [2.05, 4.69) is 5.32 Å². The van der Waals surface area contributed by atoms with Crippen molar-refractivity contribution in [3.63, 3.8) is 0 Å². The number of methoxy groups -OCH3 is 2. The lowest BCUT2D eigenvalue weighted by Gasteiger charge is -2.14. The van der Waals surface area contributed by atoms with Crippen LogP contribution in [0.15, 0.2) is 69.2 Å². The molecule has 9 heteroatoms. The number of aryl methyl sites for hydroxylation is 2. The number of nitrogens with one attached hydrogen (secondary N) is 1. The lowest BCUT2D eigenvalue weighted by molar-refractivity contribution is 0.102. The fourth-order valence-electron chi connectivity index (χ4n) is 3.49. The van der Waals surface area contributed by atoms with E-state index in [4.69, 9.17) is 21.1 Å². The average Bonchev–Trinajstić information content (AvgIpc) is 3.03. The van der Waals surface area contributed by atoms with Crippen LogP contribution in [0.4, 0.5) is 5.69 Å². The van der Waals surface area contributed by atoms with E-state index in [9.17, 15) is 9.59 Å². The van der Waals surface area contributed by atoms with Crippen molar-refractivity contribution in [2.75, 3.05) is 19.5 Å². The van der Waals surface area contributed by atoms with Crippen LogP contribution in [-0.2, 0) is 14.1 Å². The predicted molar refractivity (Wildman–Crippen MR) is 131 cm³/mol. The number of hydrogen-bond donors (Lipinski definition) is 1. The molecular weight excluding hydrogens is 462 g/mol. The van der Waals surface area contributed by atoms with Crippen molar-refractivity contribution < 1.29 is 14.3 Å². The second-order valence-corrected chi connectivity index (χ2v) is 8.82. The molecule has 0 saturated heterocycles. The molecule has 0 aliphatic rings. The second kappa shape index (κ2) is 9.25. The van der Waals surface area contributed by atoms with Gasteiger partial charge in [-0.15, -0.1) is 0 Å². The Bertz CT molecular complexity index is 1410. The van der Waals surface area contributed by atoms with E-state index in [0.29, 0.717) is 33.3 Å². The molecule has 1 N–H and O–H groups in total. The van der Waals surface area contributed by atoms with Crippen molar-refractivity contribution in [1.82, 2.24) is 9.13 Å². The summed E-state index contributed by atoms with van der Waals surface area (Å²) in [5.74, 6) is 0.672. The van der Waals surface area contributed by atoms with Crippen molar-refractivity contribution in [2.24, 2.45) is 14.1 Å². The van der Waals surface area contributed by atoms with Crippen molar-refractivity contribution in [3.8, 4) is 11.5 Å². The van der Waals surface area contributed by atoms with Crippen LogP contribution in [0.25, 0.3) is 11.0 Å². The SMILES string of the molecule is COc1cc(OC)cc(C(=O)Nc2cc3c(cc2Sc2ccccc2Cl)n(C)c(=O)n3C)c1. The van der Waals surface area contributed by atoms with Gasteiger partial charge in [0.1, 0.15) is 11.5 Å². The van der Waals surface area contributed by atoms with Crippen LogP contribution in [0.3, 0.4) is 0 Å². The van der Waals surface area contributed by atoms with Crippen LogP contribution in [0, 0.1) is 0 Å². The summed E-state index contributed by atoms with van der Waals surface area (Å²) in [6, 6.07) is 16.1. The van der Waals surface area contributed by atoms with Crippen LogP contribution >= 0.6 is 23.4 Å². The Labute approximate surface area is 199 Å². The molecule has 1 amide bonds. The van der Waals surface area contributed by atoms with Crippen molar-refractivity contribution in [2.45, 2.75) is 9.79 Å². The summed E-state index contributed by atoms with van der Waals surface area (Å²) in [6.45, 7) is 0. The summed E-state index contributed by atoms with van der Waals surface area (Å²) < 4.78 is 13.7. The summed E-state index contributed by atoms with van der Waals surface area (Å²) in [5.41, 5.74) is 2.23. The summed E-state index contributed by atoms with van der Waals surface area (Å²) in [4.78, 5) is 27.3. The predicted octanol–water partition coefficient (Wildman–Crippen LogP) is 4.95. The first-order valence-electron chi connectivity index (χ1n) is 9.98. The maximum absolute atomic E-state index is 13.2. The number of hydrogen-bond acceptors (Lipinski definition) is 5. The van der Waals surface area contributed by atoms with Crippen molar-refractivity contribution >= 4 is 46.0 Å². The minimum atomic E-state index is -0.339. The maximum Gasteiger partial charge on any atom is 0.328 e. The fraction of sp³-hybridized carbons (Fsp3) is 0.167. The lowest BCUT2D eigenvalue weighted by atomic mass is 10.1. The quantitative estimate of drug-likeness (QED) is 0.420. The molecule has 1 heterocycles. The fourth-order valence-corrected chi connectivity index (χ4v) is 4.68. The smallest absolute Gasteiger partial charge is 0.328 e. The number of nitrogens with zero attached hydrogens (tertiary/aromatic N) is 2. The molecule has 0 fully saturated rings. The average molecular weight is 484 g/mol. The molecule has 0 saturated carbocycles. The van der Waals surface area contributed by atoms with Crippen LogP contribution < -0.4 is 20.5 Å². The number of benzene rings is 3. The molecule has 4 rings (SSSR count). The van der Waals surface area contributed by atoms with E-state index in [1.165, 1.54) is 26.0 Å². The van der Waals surface area contributed by atoms with Gasteiger partial charge in [0.2, 0.25) is 0 Å². The molecule has 0 unspecified atom stereocenters. The molecule has 0 radical (unpaired) electrons. The highest BCUT2D eigenvalue weighted by molar-refractivity contribution is 7.99. The largest absolute Gasteiger partial charge is 0.497 e. The van der Waals surface area contributed by atoms with Gasteiger partial charge in [0.15, 0.2) is 0 Å². The topological polar surface area (TPSA) is 74.5 Å². The number of carbonyl (C=O) groups is 1. The number of anilines is 1. The monoisotopic (exact) mass is 483 g/mol. The van der Waals surface area contributed by atoms with Crippen molar-refractivity contribution in [3.05, 3.63) is 75.7 Å². The number of aromatic nitrogens is 2. The van der Waals surface area contributed by atoms with E-state index >= 15 is 0 Å². The van der Waals surface area contributed by atoms with E-state index in [0.717, 1.165) is 15.3 Å².